The molecule has 0 bridgehead atoms. The summed E-state index contributed by atoms with van der Waals surface area (Å²) in [5.41, 5.74) is 0.906. The first-order chi connectivity index (χ1) is 14.8. The average Bonchev–Trinajstić information content (AvgIpc) is 3.36. The molecule has 2 aliphatic heterocycles. The van der Waals surface area contributed by atoms with Crippen molar-refractivity contribution in [3.05, 3.63) is 42.2 Å². The maximum atomic E-state index is 13.9. The van der Waals surface area contributed by atoms with Gasteiger partial charge in [-0.25, -0.2) is 9.37 Å². The number of imidazole rings is 1. The summed E-state index contributed by atoms with van der Waals surface area (Å²) in [4.78, 5) is 18.9. The van der Waals surface area contributed by atoms with Crippen molar-refractivity contribution in [1.82, 2.24) is 14.5 Å². The van der Waals surface area contributed by atoms with E-state index >= 15 is 0 Å². The number of piperidine rings is 1. The van der Waals surface area contributed by atoms with Gasteiger partial charge in [-0.15, -0.1) is 0 Å². The van der Waals surface area contributed by atoms with E-state index in [9.17, 15) is 14.3 Å². The molecule has 1 aromatic heterocycles. The molecule has 3 aromatic rings. The lowest BCUT2D eigenvalue weighted by Crippen LogP contribution is -2.48. The Kier molecular flexibility index (Phi) is 4.62. The highest BCUT2D eigenvalue weighted by Gasteiger charge is 2.33. The van der Waals surface area contributed by atoms with E-state index in [2.05, 4.69) is 4.57 Å². The molecule has 0 spiro atoms. The van der Waals surface area contributed by atoms with E-state index in [4.69, 9.17) is 14.5 Å². The molecule has 3 heterocycles. The molecule has 162 valence electrons. The van der Waals surface area contributed by atoms with Crippen LogP contribution >= 0.6 is 0 Å². The van der Waals surface area contributed by atoms with Gasteiger partial charge in [0.15, 0.2) is 11.5 Å². The Morgan fingerprint density at radius 1 is 1.13 bits per heavy atom. The first kappa shape index (κ1) is 19.8. The van der Waals surface area contributed by atoms with Gasteiger partial charge in [0.25, 0.3) is 5.91 Å². The Balaban J connectivity index is 1.52. The lowest BCUT2D eigenvalue weighted by molar-refractivity contribution is -0.149. The smallest absolute Gasteiger partial charge is 0.253 e. The zero-order valence-electron chi connectivity index (χ0n) is 17.5. The first-order valence-electron chi connectivity index (χ1n) is 10.4. The number of amides is 1. The van der Waals surface area contributed by atoms with Gasteiger partial charge in [0.05, 0.1) is 11.0 Å². The lowest BCUT2D eigenvalue weighted by atomic mass is 10.0. The highest BCUT2D eigenvalue weighted by Crippen LogP contribution is 2.39. The van der Waals surface area contributed by atoms with Crippen molar-refractivity contribution >= 4 is 16.9 Å². The van der Waals surface area contributed by atoms with Crippen LogP contribution in [0.2, 0.25) is 0 Å². The van der Waals surface area contributed by atoms with Gasteiger partial charge in [-0.3, -0.25) is 4.79 Å². The van der Waals surface area contributed by atoms with E-state index in [0.717, 1.165) is 16.9 Å². The van der Waals surface area contributed by atoms with Crippen LogP contribution in [0, 0.1) is 5.82 Å². The molecular weight excluding hydrogens is 401 g/mol. The number of carbonyl (C=O) groups is 1. The topological polar surface area (TPSA) is 76.8 Å². The average molecular weight is 425 g/mol. The Morgan fingerprint density at radius 3 is 2.61 bits per heavy atom. The normalized spacial score (nSPS) is 16.8. The fraction of sp³-hybridized carbons (Fsp3) is 0.391. The second-order valence-corrected chi connectivity index (χ2v) is 8.59. The van der Waals surface area contributed by atoms with Crippen molar-refractivity contribution in [1.29, 1.82) is 0 Å². The second kappa shape index (κ2) is 7.23. The molecule has 5 rings (SSSR count). The molecule has 0 atom stereocenters. The molecule has 0 saturated carbocycles. The third-order valence-corrected chi connectivity index (χ3v) is 5.92. The van der Waals surface area contributed by atoms with Crippen LogP contribution in [0.5, 0.6) is 11.5 Å². The molecular formula is C23H24FN3O4. The standard InChI is InChI=1S/C23H24FN3O4/c1-23(2,29)22(28)26-9-7-16(8-10-26)27-18-5-4-15(24)12-17(18)25-21(27)14-3-6-19-20(11-14)31-13-30-19/h3-6,11-12,16,29H,7-10,13H2,1-2H3. The van der Waals surface area contributed by atoms with Gasteiger partial charge in [0.2, 0.25) is 6.79 Å². The maximum Gasteiger partial charge on any atom is 0.253 e. The van der Waals surface area contributed by atoms with Gasteiger partial charge < -0.3 is 24.0 Å². The lowest BCUT2D eigenvalue weighted by Gasteiger charge is -2.36. The summed E-state index contributed by atoms with van der Waals surface area (Å²) in [6.07, 6.45) is 1.42. The number of nitrogens with zero attached hydrogens (tertiary/aromatic N) is 3. The minimum absolute atomic E-state index is 0.0849. The number of carbonyl (C=O) groups excluding carboxylic acids is 1. The largest absolute Gasteiger partial charge is 0.454 e. The van der Waals surface area contributed by atoms with Crippen LogP contribution in [0.25, 0.3) is 22.4 Å². The molecule has 7 nitrogen and oxygen atoms in total. The van der Waals surface area contributed by atoms with Crippen LogP contribution in [-0.2, 0) is 4.79 Å². The van der Waals surface area contributed by atoms with Gasteiger partial charge in [-0.05, 0) is 57.0 Å². The number of rotatable bonds is 3. The maximum absolute atomic E-state index is 13.9. The van der Waals surface area contributed by atoms with Gasteiger partial charge in [0, 0.05) is 30.8 Å². The monoisotopic (exact) mass is 425 g/mol. The number of ether oxygens (including phenoxy) is 2. The fourth-order valence-electron chi connectivity index (χ4n) is 4.39. The highest BCUT2D eigenvalue weighted by molar-refractivity contribution is 5.84. The first-order valence-corrected chi connectivity index (χ1v) is 10.4. The molecule has 1 N–H and O–H groups in total. The number of benzene rings is 2. The summed E-state index contributed by atoms with van der Waals surface area (Å²) in [6, 6.07) is 10.4. The molecule has 0 aliphatic carbocycles. The molecule has 0 unspecified atom stereocenters. The van der Waals surface area contributed by atoms with E-state index in [1.807, 2.05) is 18.2 Å². The Morgan fingerprint density at radius 2 is 1.87 bits per heavy atom. The van der Waals surface area contributed by atoms with Crippen molar-refractivity contribution in [3.8, 4) is 22.9 Å². The van der Waals surface area contributed by atoms with Gasteiger partial charge in [0.1, 0.15) is 17.2 Å². The van der Waals surface area contributed by atoms with Gasteiger partial charge in [-0.2, -0.15) is 0 Å². The summed E-state index contributed by atoms with van der Waals surface area (Å²) in [7, 11) is 0. The zero-order valence-corrected chi connectivity index (χ0v) is 17.5. The van der Waals surface area contributed by atoms with E-state index in [1.54, 1.807) is 11.0 Å². The summed E-state index contributed by atoms with van der Waals surface area (Å²) in [5, 5.41) is 10.1. The van der Waals surface area contributed by atoms with Crippen LogP contribution in [0.4, 0.5) is 4.39 Å². The summed E-state index contributed by atoms with van der Waals surface area (Å²) in [5.74, 6) is 1.48. The minimum Gasteiger partial charge on any atom is -0.454 e. The van der Waals surface area contributed by atoms with Gasteiger partial charge in [-0.1, -0.05) is 0 Å². The number of likely N-dealkylation sites (tertiary alicyclic amines) is 1. The fourth-order valence-corrected chi connectivity index (χ4v) is 4.39. The SMILES string of the molecule is CC(C)(O)C(=O)N1CCC(n2c(-c3ccc4c(c3)OCO4)nc3cc(F)ccc32)CC1. The molecule has 1 fully saturated rings. The van der Waals surface area contributed by atoms with Crippen LogP contribution < -0.4 is 9.47 Å². The number of aliphatic hydroxyl groups is 1. The van der Waals surface area contributed by atoms with Crippen LogP contribution in [-0.4, -0.2) is 50.9 Å². The number of halogens is 1. The Bertz CT molecular complexity index is 1160. The zero-order chi connectivity index (χ0) is 21.8. The van der Waals surface area contributed by atoms with Crippen molar-refractivity contribution in [3.63, 3.8) is 0 Å². The highest BCUT2D eigenvalue weighted by atomic mass is 19.1. The molecule has 2 aliphatic rings. The second-order valence-electron chi connectivity index (χ2n) is 8.59. The van der Waals surface area contributed by atoms with E-state index in [0.29, 0.717) is 42.9 Å². The molecule has 1 saturated heterocycles. The summed E-state index contributed by atoms with van der Waals surface area (Å²) in [6.45, 7) is 4.28. The number of hydrogen-bond donors (Lipinski definition) is 1. The molecule has 31 heavy (non-hydrogen) atoms. The Labute approximate surface area is 179 Å². The van der Waals surface area contributed by atoms with Gasteiger partial charge >= 0.3 is 0 Å². The number of hydrogen-bond acceptors (Lipinski definition) is 5. The predicted octanol–water partition coefficient (Wildman–Crippen LogP) is 3.51. The molecule has 0 radical (unpaired) electrons. The van der Waals surface area contributed by atoms with E-state index in [1.165, 1.54) is 26.0 Å². The molecule has 1 amide bonds. The summed E-state index contributed by atoms with van der Waals surface area (Å²) < 4.78 is 27.0. The molecule has 2 aromatic carbocycles. The number of fused-ring (bicyclic) bond motifs is 2. The van der Waals surface area contributed by atoms with Crippen molar-refractivity contribution < 1.29 is 23.8 Å². The number of aromatic nitrogens is 2. The quantitative estimate of drug-likeness (QED) is 0.695. The van der Waals surface area contributed by atoms with Crippen molar-refractivity contribution in [2.24, 2.45) is 0 Å². The summed E-state index contributed by atoms with van der Waals surface area (Å²) >= 11 is 0. The van der Waals surface area contributed by atoms with E-state index in [-0.39, 0.29) is 24.6 Å². The van der Waals surface area contributed by atoms with Crippen LogP contribution in [0.15, 0.2) is 36.4 Å². The third kappa shape index (κ3) is 3.50. The third-order valence-electron chi connectivity index (χ3n) is 5.92. The predicted molar refractivity (Wildman–Crippen MR) is 112 cm³/mol. The van der Waals surface area contributed by atoms with Crippen LogP contribution in [0.3, 0.4) is 0 Å². The van der Waals surface area contributed by atoms with Crippen molar-refractivity contribution in [2.45, 2.75) is 38.3 Å². The minimum atomic E-state index is -1.39. The molecule has 8 heteroatoms. The van der Waals surface area contributed by atoms with Crippen molar-refractivity contribution in [2.75, 3.05) is 19.9 Å². The van der Waals surface area contributed by atoms with E-state index < -0.39 is 5.60 Å². The Hall–Kier alpha value is -3.13. The van der Waals surface area contributed by atoms with Crippen LogP contribution in [0.1, 0.15) is 32.7 Å².